The molecule has 0 bridgehead atoms. The molecule has 1 aliphatic carbocycles. The average molecular weight is 367 g/mol. The number of nitrogens with zero attached hydrogens (tertiary/aromatic N) is 2. The molecular formula is C15H24F3N3O4. The minimum atomic E-state index is -4.85. The van der Waals surface area contributed by atoms with Crippen molar-refractivity contribution in [3.63, 3.8) is 0 Å². The molecule has 2 amide bonds. The number of hydrogen-bond acceptors (Lipinski definition) is 4. The number of rotatable bonds is 1. The number of halogens is 3. The van der Waals surface area contributed by atoms with Crippen molar-refractivity contribution in [1.29, 1.82) is 0 Å². The van der Waals surface area contributed by atoms with Crippen molar-refractivity contribution < 1.29 is 32.7 Å². The third-order valence-electron chi connectivity index (χ3n) is 4.16. The van der Waals surface area contributed by atoms with E-state index in [4.69, 9.17) is 15.6 Å². The fourth-order valence-corrected chi connectivity index (χ4v) is 3.02. The van der Waals surface area contributed by atoms with E-state index in [2.05, 4.69) is 0 Å². The molecule has 2 rings (SSSR count). The summed E-state index contributed by atoms with van der Waals surface area (Å²) < 4.78 is 37.3. The van der Waals surface area contributed by atoms with Gasteiger partial charge in [-0.2, -0.15) is 13.2 Å². The molecule has 0 aromatic heterocycles. The summed E-state index contributed by atoms with van der Waals surface area (Å²) in [6.07, 6.45) is -2.30. The second-order valence-electron chi connectivity index (χ2n) is 6.26. The van der Waals surface area contributed by atoms with Gasteiger partial charge in [0.25, 0.3) is 5.97 Å². The van der Waals surface area contributed by atoms with Crippen LogP contribution in [0.15, 0.2) is 0 Å². The van der Waals surface area contributed by atoms with Gasteiger partial charge in [-0.1, -0.05) is 0 Å². The van der Waals surface area contributed by atoms with Crippen molar-refractivity contribution >= 4 is 17.8 Å². The van der Waals surface area contributed by atoms with E-state index >= 15 is 0 Å². The molecule has 2 atom stereocenters. The Balaban J connectivity index is 0.000000705. The number of hydrogen-bond donors (Lipinski definition) is 2. The van der Waals surface area contributed by atoms with Gasteiger partial charge in [0.15, 0.2) is 0 Å². The van der Waals surface area contributed by atoms with Crippen LogP contribution in [-0.4, -0.2) is 71.1 Å². The highest BCUT2D eigenvalue weighted by molar-refractivity contribution is 5.82. The van der Waals surface area contributed by atoms with E-state index < -0.39 is 18.1 Å². The van der Waals surface area contributed by atoms with Crippen LogP contribution >= 0.6 is 0 Å². The van der Waals surface area contributed by atoms with Gasteiger partial charge < -0.3 is 20.6 Å². The van der Waals surface area contributed by atoms with Gasteiger partial charge in [-0.3, -0.25) is 14.4 Å². The molecule has 3 N–H and O–H groups in total. The van der Waals surface area contributed by atoms with E-state index in [1.54, 1.807) is 4.90 Å². The van der Waals surface area contributed by atoms with Gasteiger partial charge in [0, 0.05) is 45.1 Å². The second kappa shape index (κ2) is 9.02. The zero-order valence-corrected chi connectivity index (χ0v) is 14.1. The molecule has 2 aliphatic rings. The fourth-order valence-electron chi connectivity index (χ4n) is 3.02. The number of alkyl halides is 3. The monoisotopic (exact) mass is 367 g/mol. The lowest BCUT2D eigenvalue weighted by Crippen LogP contribution is -2.44. The van der Waals surface area contributed by atoms with E-state index in [1.165, 1.54) is 0 Å². The van der Waals surface area contributed by atoms with Crippen LogP contribution < -0.4 is 5.73 Å². The molecule has 0 unspecified atom stereocenters. The molecule has 2 fully saturated rings. The van der Waals surface area contributed by atoms with E-state index in [9.17, 15) is 22.8 Å². The van der Waals surface area contributed by atoms with Crippen LogP contribution in [-0.2, 0) is 14.4 Å². The van der Waals surface area contributed by atoms with Crippen LogP contribution in [0.25, 0.3) is 0 Å². The summed E-state index contributed by atoms with van der Waals surface area (Å²) in [5.74, 6) is -2.81. The Labute approximate surface area is 143 Å². The zero-order chi connectivity index (χ0) is 19.2. The molecule has 1 saturated heterocycles. The third-order valence-corrected chi connectivity index (χ3v) is 4.16. The molecule has 25 heavy (non-hydrogen) atoms. The molecular weight excluding hydrogens is 343 g/mol. The maximum atomic E-state index is 12.4. The predicted octanol–water partition coefficient (Wildman–Crippen LogP) is 0.828. The lowest BCUT2D eigenvalue weighted by atomic mass is 10.1. The second-order valence-corrected chi connectivity index (χ2v) is 6.26. The first-order chi connectivity index (χ1) is 11.5. The molecule has 0 aromatic carbocycles. The van der Waals surface area contributed by atoms with Crippen LogP contribution in [0, 0.1) is 5.92 Å². The lowest BCUT2D eigenvalue weighted by Gasteiger charge is -2.25. The lowest BCUT2D eigenvalue weighted by molar-refractivity contribution is -0.185. The quantitative estimate of drug-likeness (QED) is 0.714. The Kier molecular flexibility index (Phi) is 7.65. The minimum absolute atomic E-state index is 0.0340. The van der Waals surface area contributed by atoms with Crippen LogP contribution in [0.5, 0.6) is 0 Å². The molecule has 10 heteroatoms. The maximum Gasteiger partial charge on any atom is 0.471 e. The van der Waals surface area contributed by atoms with Crippen LogP contribution in [0.4, 0.5) is 13.2 Å². The summed E-state index contributed by atoms with van der Waals surface area (Å²) >= 11 is 0. The highest BCUT2D eigenvalue weighted by Gasteiger charge is 2.43. The predicted molar refractivity (Wildman–Crippen MR) is 82.5 cm³/mol. The Morgan fingerprint density at radius 2 is 1.56 bits per heavy atom. The van der Waals surface area contributed by atoms with Gasteiger partial charge in [0.1, 0.15) is 0 Å². The Bertz CT molecular complexity index is 495. The number of aliphatic carboxylic acids is 1. The van der Waals surface area contributed by atoms with Crippen molar-refractivity contribution in [3.8, 4) is 0 Å². The van der Waals surface area contributed by atoms with E-state index in [1.807, 2.05) is 0 Å². The first-order valence-corrected chi connectivity index (χ1v) is 8.12. The number of carbonyl (C=O) groups is 3. The summed E-state index contributed by atoms with van der Waals surface area (Å²) in [5.41, 5.74) is 5.78. The molecule has 1 saturated carbocycles. The number of carboxylic acid groups (broad SMARTS) is 1. The highest BCUT2D eigenvalue weighted by atomic mass is 19.4. The Hall–Kier alpha value is -1.84. The van der Waals surface area contributed by atoms with Gasteiger partial charge >= 0.3 is 12.1 Å². The third kappa shape index (κ3) is 6.89. The standard InChI is InChI=1S/C13H20F3N3O2.C2H4O2/c14-13(15,16)12(21)19-5-1-4-18(6-7-19)11(20)9-2-3-10(17)8-9;1-2(3)4/h9-10H,1-8,17H2;1H3,(H,3,4)/t9-,10+;/m0./s1. The number of carboxylic acids is 1. The Morgan fingerprint density at radius 3 is 2.04 bits per heavy atom. The normalized spacial score (nSPS) is 24.2. The number of amides is 2. The van der Waals surface area contributed by atoms with Crippen molar-refractivity contribution in [3.05, 3.63) is 0 Å². The smallest absolute Gasteiger partial charge is 0.471 e. The van der Waals surface area contributed by atoms with Gasteiger partial charge in [0.2, 0.25) is 5.91 Å². The van der Waals surface area contributed by atoms with E-state index in [-0.39, 0.29) is 37.5 Å². The zero-order valence-electron chi connectivity index (χ0n) is 14.1. The number of carbonyl (C=O) groups excluding carboxylic acids is 2. The fraction of sp³-hybridized carbons (Fsp3) is 0.800. The van der Waals surface area contributed by atoms with Gasteiger partial charge in [-0.05, 0) is 25.7 Å². The first-order valence-electron chi connectivity index (χ1n) is 8.12. The molecule has 0 radical (unpaired) electrons. The van der Waals surface area contributed by atoms with Crippen LogP contribution in [0.2, 0.25) is 0 Å². The average Bonchev–Trinajstić information content (AvgIpc) is 2.78. The first kappa shape index (κ1) is 21.2. The van der Waals surface area contributed by atoms with Crippen molar-refractivity contribution in [2.24, 2.45) is 11.7 Å². The van der Waals surface area contributed by atoms with E-state index in [0.717, 1.165) is 24.7 Å². The minimum Gasteiger partial charge on any atom is -0.481 e. The van der Waals surface area contributed by atoms with Gasteiger partial charge in [-0.15, -0.1) is 0 Å². The largest absolute Gasteiger partial charge is 0.481 e. The Morgan fingerprint density at radius 1 is 1.04 bits per heavy atom. The van der Waals surface area contributed by atoms with Crippen molar-refractivity contribution in [1.82, 2.24) is 9.80 Å². The van der Waals surface area contributed by atoms with E-state index in [0.29, 0.717) is 19.4 Å². The summed E-state index contributed by atoms with van der Waals surface area (Å²) in [6, 6.07) is 0.0363. The van der Waals surface area contributed by atoms with Crippen molar-refractivity contribution in [2.75, 3.05) is 26.2 Å². The molecule has 0 spiro atoms. The summed E-state index contributed by atoms with van der Waals surface area (Å²) in [7, 11) is 0. The SMILES string of the molecule is CC(=O)O.N[C@@H]1CC[C@H](C(=O)N2CCCN(C(=O)C(F)(F)F)CC2)C1. The molecule has 7 nitrogen and oxygen atoms in total. The summed E-state index contributed by atoms with van der Waals surface area (Å²) in [5, 5.41) is 7.42. The summed E-state index contributed by atoms with van der Waals surface area (Å²) in [4.78, 5) is 34.9. The molecule has 1 heterocycles. The molecule has 0 aromatic rings. The van der Waals surface area contributed by atoms with Crippen LogP contribution in [0.3, 0.4) is 0 Å². The topological polar surface area (TPSA) is 104 Å². The highest BCUT2D eigenvalue weighted by Crippen LogP contribution is 2.27. The van der Waals surface area contributed by atoms with Gasteiger partial charge in [0.05, 0.1) is 0 Å². The summed E-state index contributed by atoms with van der Waals surface area (Å²) in [6.45, 7) is 1.60. The molecule has 1 aliphatic heterocycles. The van der Waals surface area contributed by atoms with Crippen molar-refractivity contribution in [2.45, 2.75) is 44.8 Å². The van der Waals surface area contributed by atoms with Crippen LogP contribution in [0.1, 0.15) is 32.6 Å². The molecule has 144 valence electrons. The van der Waals surface area contributed by atoms with Gasteiger partial charge in [-0.25, -0.2) is 0 Å². The number of nitrogens with two attached hydrogens (primary N) is 1. The maximum absolute atomic E-state index is 12.4.